The summed E-state index contributed by atoms with van der Waals surface area (Å²) < 4.78 is 64.9. The van der Waals surface area contributed by atoms with Gasteiger partial charge in [0.25, 0.3) is 0 Å². The monoisotopic (exact) mass is 384 g/mol. The van der Waals surface area contributed by atoms with Crippen LogP contribution in [0, 0.1) is 11.8 Å². The molecule has 0 bridgehead atoms. The predicted octanol–water partition coefficient (Wildman–Crippen LogP) is 5.00. The Morgan fingerprint density at radius 3 is 2.08 bits per heavy atom. The first-order valence-corrected chi connectivity index (χ1v) is 8.84. The van der Waals surface area contributed by atoms with Crippen LogP contribution in [0.5, 0.6) is 0 Å². The van der Waals surface area contributed by atoms with Gasteiger partial charge in [0, 0.05) is 10.6 Å². The summed E-state index contributed by atoms with van der Waals surface area (Å²) >= 11 is 5.71. The van der Waals surface area contributed by atoms with Crippen molar-refractivity contribution in [2.75, 3.05) is 0 Å². The molecule has 0 spiro atoms. The van der Waals surface area contributed by atoms with E-state index in [1.54, 1.807) is 6.07 Å². The molecule has 0 amide bonds. The van der Waals surface area contributed by atoms with Gasteiger partial charge in [-0.1, -0.05) is 41.6 Å². The molecule has 130 valence electrons. The van der Waals surface area contributed by atoms with Gasteiger partial charge in [-0.25, -0.2) is 8.42 Å². The molecule has 0 saturated carbocycles. The molecule has 0 aliphatic carbocycles. The number of sulfone groups is 1. The molecule has 0 radical (unpaired) electrons. The minimum absolute atomic E-state index is 0.220. The topological polar surface area (TPSA) is 34.1 Å². The fourth-order valence-electron chi connectivity index (χ4n) is 1.94. The third-order valence-corrected chi connectivity index (χ3v) is 5.42. The Bertz CT molecular complexity index is 949. The van der Waals surface area contributed by atoms with Crippen LogP contribution in [0.3, 0.4) is 0 Å². The molecular formula is C18H12ClF3O2S. The van der Waals surface area contributed by atoms with Gasteiger partial charge >= 0.3 is 6.18 Å². The SMILES string of the molecule is C/C(=C(/C#Cc1ccc(Cl)cc1)C(F)(F)F)S(=O)(=O)c1ccccc1. The van der Waals surface area contributed by atoms with E-state index in [4.69, 9.17) is 11.6 Å². The van der Waals surface area contributed by atoms with Crippen molar-refractivity contribution in [2.45, 2.75) is 18.0 Å². The van der Waals surface area contributed by atoms with Crippen LogP contribution in [0.1, 0.15) is 12.5 Å². The highest BCUT2D eigenvalue weighted by atomic mass is 35.5. The first-order chi connectivity index (χ1) is 11.6. The number of alkyl halides is 3. The van der Waals surface area contributed by atoms with E-state index in [0.717, 1.165) is 6.92 Å². The molecule has 25 heavy (non-hydrogen) atoms. The van der Waals surface area contributed by atoms with Gasteiger partial charge in [0.15, 0.2) is 0 Å². The van der Waals surface area contributed by atoms with Crippen LogP contribution in [0.15, 0.2) is 70.0 Å². The van der Waals surface area contributed by atoms with Crippen LogP contribution >= 0.6 is 11.6 Å². The van der Waals surface area contributed by atoms with Crippen molar-refractivity contribution >= 4 is 21.4 Å². The highest BCUT2D eigenvalue weighted by Gasteiger charge is 2.38. The molecule has 0 unspecified atom stereocenters. The molecule has 0 aliphatic heterocycles. The fraction of sp³-hybridized carbons (Fsp3) is 0.111. The molecule has 2 aromatic carbocycles. The van der Waals surface area contributed by atoms with E-state index >= 15 is 0 Å². The third kappa shape index (κ3) is 4.65. The van der Waals surface area contributed by atoms with Crippen LogP contribution in [0.2, 0.25) is 5.02 Å². The van der Waals surface area contributed by atoms with E-state index < -0.39 is 26.5 Å². The number of allylic oxidation sites excluding steroid dienone is 2. The molecule has 0 aliphatic rings. The van der Waals surface area contributed by atoms with Gasteiger partial charge in [0.1, 0.15) is 5.57 Å². The number of benzene rings is 2. The van der Waals surface area contributed by atoms with Crippen molar-refractivity contribution in [3.05, 3.63) is 75.7 Å². The maximum absolute atomic E-state index is 13.3. The van der Waals surface area contributed by atoms with Crippen LogP contribution in [0.4, 0.5) is 13.2 Å². The second-order valence-electron chi connectivity index (χ2n) is 5.00. The summed E-state index contributed by atoms with van der Waals surface area (Å²) in [6.07, 6.45) is -4.90. The summed E-state index contributed by atoms with van der Waals surface area (Å²) in [6, 6.07) is 12.8. The van der Waals surface area contributed by atoms with Crippen LogP contribution in [-0.2, 0) is 9.84 Å². The van der Waals surface area contributed by atoms with E-state index in [9.17, 15) is 21.6 Å². The Morgan fingerprint density at radius 2 is 1.56 bits per heavy atom. The average Bonchev–Trinajstić information content (AvgIpc) is 2.56. The number of halogens is 4. The summed E-state index contributed by atoms with van der Waals surface area (Å²) in [7, 11) is -4.30. The van der Waals surface area contributed by atoms with Gasteiger partial charge in [-0.15, -0.1) is 0 Å². The second kappa shape index (κ2) is 7.34. The zero-order valence-electron chi connectivity index (χ0n) is 12.9. The van der Waals surface area contributed by atoms with Gasteiger partial charge in [0.05, 0.1) is 9.80 Å². The summed E-state index contributed by atoms with van der Waals surface area (Å²) in [4.78, 5) is -1.06. The van der Waals surface area contributed by atoms with E-state index in [1.165, 1.54) is 48.5 Å². The highest BCUT2D eigenvalue weighted by Crippen LogP contribution is 2.32. The average molecular weight is 385 g/mol. The first-order valence-electron chi connectivity index (χ1n) is 6.98. The number of hydrogen-bond acceptors (Lipinski definition) is 2. The van der Waals surface area contributed by atoms with Crippen molar-refractivity contribution in [1.82, 2.24) is 0 Å². The normalized spacial score (nSPS) is 12.8. The van der Waals surface area contributed by atoms with Gasteiger partial charge in [-0.2, -0.15) is 13.2 Å². The number of hydrogen-bond donors (Lipinski definition) is 0. The summed E-state index contributed by atoms with van der Waals surface area (Å²) in [5, 5.41) is 0.417. The second-order valence-corrected chi connectivity index (χ2v) is 7.53. The Balaban J connectivity index is 2.58. The Morgan fingerprint density at radius 1 is 1.00 bits per heavy atom. The van der Waals surface area contributed by atoms with E-state index in [2.05, 4.69) is 5.92 Å². The minimum atomic E-state index is -4.90. The quantitative estimate of drug-likeness (QED) is 0.683. The number of rotatable bonds is 2. The van der Waals surface area contributed by atoms with Crippen LogP contribution < -0.4 is 0 Å². The lowest BCUT2D eigenvalue weighted by Crippen LogP contribution is -2.16. The first kappa shape index (κ1) is 19.1. The summed E-state index contributed by atoms with van der Waals surface area (Å²) in [5.74, 6) is 4.29. The van der Waals surface area contributed by atoms with Gasteiger partial charge < -0.3 is 0 Å². The molecule has 0 fully saturated rings. The van der Waals surface area contributed by atoms with Gasteiger partial charge in [0.2, 0.25) is 9.84 Å². The minimum Gasteiger partial charge on any atom is -0.219 e. The molecular weight excluding hydrogens is 373 g/mol. The Kier molecular flexibility index (Phi) is 5.61. The molecule has 0 heterocycles. The lowest BCUT2D eigenvalue weighted by Gasteiger charge is -2.11. The fourth-order valence-corrected chi connectivity index (χ4v) is 3.37. The lowest BCUT2D eigenvalue weighted by molar-refractivity contribution is -0.0875. The molecule has 2 aromatic rings. The van der Waals surface area contributed by atoms with Crippen molar-refractivity contribution in [3.8, 4) is 11.8 Å². The van der Waals surface area contributed by atoms with Crippen molar-refractivity contribution < 1.29 is 21.6 Å². The molecule has 0 aromatic heterocycles. The van der Waals surface area contributed by atoms with Gasteiger partial charge in [-0.05, 0) is 43.3 Å². The Labute approximate surface area is 148 Å². The van der Waals surface area contributed by atoms with Crippen LogP contribution in [0.25, 0.3) is 0 Å². The van der Waals surface area contributed by atoms with E-state index in [1.807, 2.05) is 5.92 Å². The smallest absolute Gasteiger partial charge is 0.219 e. The zero-order chi connectivity index (χ0) is 18.7. The van der Waals surface area contributed by atoms with Gasteiger partial charge in [-0.3, -0.25) is 0 Å². The molecule has 0 N–H and O–H groups in total. The maximum Gasteiger partial charge on any atom is 0.425 e. The zero-order valence-corrected chi connectivity index (χ0v) is 14.5. The molecule has 0 saturated heterocycles. The summed E-state index contributed by atoms with van der Waals surface area (Å²) in [6.45, 7) is 0.904. The lowest BCUT2D eigenvalue weighted by atomic mass is 10.2. The van der Waals surface area contributed by atoms with E-state index in [-0.39, 0.29) is 10.5 Å². The Hall–Kier alpha value is -2.23. The summed E-state index contributed by atoms with van der Waals surface area (Å²) in [5.41, 5.74) is -1.11. The molecule has 7 heteroatoms. The van der Waals surface area contributed by atoms with Crippen molar-refractivity contribution in [3.63, 3.8) is 0 Å². The predicted molar refractivity (Wildman–Crippen MR) is 90.7 cm³/mol. The van der Waals surface area contributed by atoms with Crippen molar-refractivity contribution in [1.29, 1.82) is 0 Å². The molecule has 2 nitrogen and oxygen atoms in total. The molecule has 2 rings (SSSR count). The highest BCUT2D eigenvalue weighted by molar-refractivity contribution is 7.95. The largest absolute Gasteiger partial charge is 0.425 e. The standard InChI is InChI=1S/C18H12ClF3O2S/c1-13(25(23,24)16-5-3-2-4-6-16)17(18(20,21)22)12-9-14-7-10-15(19)11-8-14/h2-8,10-11H,1H3/b17-13+. The van der Waals surface area contributed by atoms with Crippen molar-refractivity contribution in [2.24, 2.45) is 0 Å². The van der Waals surface area contributed by atoms with E-state index in [0.29, 0.717) is 5.02 Å². The molecule has 0 atom stereocenters. The third-order valence-electron chi connectivity index (χ3n) is 3.27. The van der Waals surface area contributed by atoms with Crippen LogP contribution in [-0.4, -0.2) is 14.6 Å². The maximum atomic E-state index is 13.3.